The van der Waals surface area contributed by atoms with Gasteiger partial charge in [-0.25, -0.2) is 9.37 Å². The third kappa shape index (κ3) is 3.34. The van der Waals surface area contributed by atoms with Gasteiger partial charge in [0.2, 0.25) is 0 Å². The molecule has 1 unspecified atom stereocenters. The lowest BCUT2D eigenvalue weighted by Crippen LogP contribution is -2.18. The number of nitrogens with zero attached hydrogens (tertiary/aromatic N) is 1. The summed E-state index contributed by atoms with van der Waals surface area (Å²) >= 11 is 4.93. The quantitative estimate of drug-likeness (QED) is 0.926. The fourth-order valence-electron chi connectivity index (χ4n) is 1.48. The monoisotopic (exact) mass is 314 g/mol. The van der Waals surface area contributed by atoms with Gasteiger partial charge in [-0.15, -0.1) is 11.3 Å². The van der Waals surface area contributed by atoms with Crippen molar-refractivity contribution in [2.24, 2.45) is 0 Å². The number of nitrogens with one attached hydrogen (secondary N) is 1. The predicted octanol–water partition coefficient (Wildman–Crippen LogP) is 3.90. The van der Waals surface area contributed by atoms with Crippen LogP contribution in [0.2, 0.25) is 0 Å². The molecular weight excluding hydrogens is 303 g/mol. The highest BCUT2D eigenvalue weighted by Crippen LogP contribution is 2.18. The van der Waals surface area contributed by atoms with E-state index in [-0.39, 0.29) is 11.9 Å². The van der Waals surface area contributed by atoms with Gasteiger partial charge in [-0.05, 0) is 25.1 Å². The van der Waals surface area contributed by atoms with E-state index in [0.29, 0.717) is 12.1 Å². The molecule has 0 spiro atoms. The van der Waals surface area contributed by atoms with E-state index >= 15 is 0 Å². The molecule has 2 rings (SSSR count). The number of thiazole rings is 1. The molecule has 2 aromatic rings. The Morgan fingerprint density at radius 1 is 1.53 bits per heavy atom. The molecule has 0 bridgehead atoms. The summed E-state index contributed by atoms with van der Waals surface area (Å²) in [6.07, 6.45) is 1.78. The SMILES string of the molecule is CC(NCc1cc(Br)ccc1F)c1nccs1. The largest absolute Gasteiger partial charge is 0.304 e. The van der Waals surface area contributed by atoms with E-state index < -0.39 is 0 Å². The molecule has 1 N–H and O–H groups in total. The molecule has 0 amide bonds. The van der Waals surface area contributed by atoms with Crippen molar-refractivity contribution in [2.45, 2.75) is 19.5 Å². The zero-order chi connectivity index (χ0) is 12.3. The Balaban J connectivity index is 2.00. The van der Waals surface area contributed by atoms with Crippen LogP contribution in [-0.4, -0.2) is 4.98 Å². The maximum atomic E-state index is 13.5. The highest BCUT2D eigenvalue weighted by molar-refractivity contribution is 9.10. The maximum absolute atomic E-state index is 13.5. The van der Waals surface area contributed by atoms with Crippen LogP contribution in [-0.2, 0) is 6.54 Å². The van der Waals surface area contributed by atoms with Crippen molar-refractivity contribution in [1.29, 1.82) is 0 Å². The summed E-state index contributed by atoms with van der Waals surface area (Å²) in [4.78, 5) is 4.22. The van der Waals surface area contributed by atoms with Gasteiger partial charge < -0.3 is 5.32 Å². The molecule has 1 atom stereocenters. The van der Waals surface area contributed by atoms with E-state index in [9.17, 15) is 4.39 Å². The van der Waals surface area contributed by atoms with Crippen LogP contribution in [0.15, 0.2) is 34.2 Å². The van der Waals surface area contributed by atoms with Gasteiger partial charge in [-0.3, -0.25) is 0 Å². The molecule has 0 aliphatic carbocycles. The van der Waals surface area contributed by atoms with Crippen molar-refractivity contribution in [1.82, 2.24) is 10.3 Å². The average molecular weight is 315 g/mol. The van der Waals surface area contributed by atoms with Crippen LogP contribution in [0.4, 0.5) is 4.39 Å². The highest BCUT2D eigenvalue weighted by Gasteiger charge is 2.09. The van der Waals surface area contributed by atoms with E-state index in [2.05, 4.69) is 26.2 Å². The summed E-state index contributed by atoms with van der Waals surface area (Å²) in [6.45, 7) is 2.51. The summed E-state index contributed by atoms with van der Waals surface area (Å²) in [7, 11) is 0. The van der Waals surface area contributed by atoms with Crippen molar-refractivity contribution in [3.05, 3.63) is 50.6 Å². The summed E-state index contributed by atoms with van der Waals surface area (Å²) in [6, 6.07) is 5.09. The topological polar surface area (TPSA) is 24.9 Å². The second-order valence-corrected chi connectivity index (χ2v) is 5.55. The van der Waals surface area contributed by atoms with E-state index in [1.807, 2.05) is 12.3 Å². The molecule has 1 aromatic heterocycles. The van der Waals surface area contributed by atoms with Crippen LogP contribution in [0.1, 0.15) is 23.5 Å². The molecular formula is C12H12BrFN2S. The highest BCUT2D eigenvalue weighted by atomic mass is 79.9. The first-order valence-corrected chi connectivity index (χ1v) is 6.91. The van der Waals surface area contributed by atoms with Gasteiger partial charge in [0.15, 0.2) is 0 Å². The molecule has 17 heavy (non-hydrogen) atoms. The van der Waals surface area contributed by atoms with Gasteiger partial charge in [0, 0.05) is 28.2 Å². The molecule has 1 aromatic carbocycles. The van der Waals surface area contributed by atoms with Crippen molar-refractivity contribution in [3.63, 3.8) is 0 Å². The number of halogens is 2. The molecule has 0 aliphatic rings. The average Bonchev–Trinajstić information content (AvgIpc) is 2.83. The lowest BCUT2D eigenvalue weighted by molar-refractivity contribution is 0.542. The lowest BCUT2D eigenvalue weighted by atomic mass is 10.2. The lowest BCUT2D eigenvalue weighted by Gasteiger charge is -2.11. The Morgan fingerprint density at radius 2 is 2.35 bits per heavy atom. The molecule has 0 aliphatic heterocycles. The first-order valence-electron chi connectivity index (χ1n) is 5.23. The van der Waals surface area contributed by atoms with Crippen molar-refractivity contribution < 1.29 is 4.39 Å². The zero-order valence-electron chi connectivity index (χ0n) is 9.28. The summed E-state index contributed by atoms with van der Waals surface area (Å²) in [5.74, 6) is -0.188. The molecule has 90 valence electrons. The van der Waals surface area contributed by atoms with Crippen molar-refractivity contribution in [3.8, 4) is 0 Å². The molecule has 1 heterocycles. The van der Waals surface area contributed by atoms with Crippen LogP contribution in [0.3, 0.4) is 0 Å². The minimum absolute atomic E-state index is 0.133. The number of aromatic nitrogens is 1. The zero-order valence-corrected chi connectivity index (χ0v) is 11.7. The van der Waals surface area contributed by atoms with Gasteiger partial charge in [-0.1, -0.05) is 15.9 Å². The fourth-order valence-corrected chi connectivity index (χ4v) is 2.56. The summed E-state index contributed by atoms with van der Waals surface area (Å²) < 4.78 is 14.4. The Morgan fingerprint density at radius 3 is 3.06 bits per heavy atom. The number of hydrogen-bond donors (Lipinski definition) is 1. The number of rotatable bonds is 4. The molecule has 5 heteroatoms. The van der Waals surface area contributed by atoms with Gasteiger partial charge >= 0.3 is 0 Å². The minimum atomic E-state index is -0.188. The standard InChI is InChI=1S/C12H12BrFN2S/c1-8(12-15-4-5-17-12)16-7-9-6-10(13)2-3-11(9)14/h2-6,8,16H,7H2,1H3. The third-order valence-electron chi connectivity index (χ3n) is 2.43. The molecule has 0 fully saturated rings. The van der Waals surface area contributed by atoms with Gasteiger partial charge in [0.05, 0.1) is 6.04 Å². The predicted molar refractivity (Wildman–Crippen MR) is 71.5 cm³/mol. The third-order valence-corrected chi connectivity index (χ3v) is 3.88. The van der Waals surface area contributed by atoms with Gasteiger partial charge in [-0.2, -0.15) is 0 Å². The Bertz CT molecular complexity index is 487. The van der Waals surface area contributed by atoms with Crippen LogP contribution in [0, 0.1) is 5.82 Å². The van der Waals surface area contributed by atoms with Gasteiger partial charge in [0.1, 0.15) is 10.8 Å². The Labute approximate surface area is 112 Å². The van der Waals surface area contributed by atoms with Gasteiger partial charge in [0.25, 0.3) is 0 Å². The second-order valence-electron chi connectivity index (χ2n) is 3.71. The molecule has 2 nitrogen and oxygen atoms in total. The smallest absolute Gasteiger partial charge is 0.127 e. The van der Waals surface area contributed by atoms with Crippen LogP contribution in [0.25, 0.3) is 0 Å². The molecule has 0 radical (unpaired) electrons. The van der Waals surface area contributed by atoms with E-state index in [0.717, 1.165) is 9.48 Å². The van der Waals surface area contributed by atoms with E-state index in [1.54, 1.807) is 29.7 Å². The van der Waals surface area contributed by atoms with E-state index in [4.69, 9.17) is 0 Å². The first-order chi connectivity index (χ1) is 8.16. The Kier molecular flexibility index (Phi) is 4.25. The van der Waals surface area contributed by atoms with Crippen LogP contribution in [0.5, 0.6) is 0 Å². The molecule has 0 saturated heterocycles. The van der Waals surface area contributed by atoms with Crippen LogP contribution >= 0.6 is 27.3 Å². The second kappa shape index (κ2) is 5.71. The first kappa shape index (κ1) is 12.7. The maximum Gasteiger partial charge on any atom is 0.127 e. The van der Waals surface area contributed by atoms with Crippen LogP contribution < -0.4 is 5.32 Å². The number of benzene rings is 1. The Hall–Kier alpha value is -0.780. The molecule has 0 saturated carbocycles. The normalized spacial score (nSPS) is 12.6. The summed E-state index contributed by atoms with van der Waals surface area (Å²) in [5, 5.41) is 6.21. The van der Waals surface area contributed by atoms with Crippen molar-refractivity contribution >= 4 is 27.3 Å². The minimum Gasteiger partial charge on any atom is -0.304 e. The number of hydrogen-bond acceptors (Lipinski definition) is 3. The fraction of sp³-hybridized carbons (Fsp3) is 0.250. The summed E-state index contributed by atoms with van der Waals surface area (Å²) in [5.41, 5.74) is 0.655. The van der Waals surface area contributed by atoms with Crippen molar-refractivity contribution in [2.75, 3.05) is 0 Å². The van der Waals surface area contributed by atoms with E-state index in [1.165, 1.54) is 6.07 Å².